The van der Waals surface area contributed by atoms with Crippen molar-refractivity contribution in [3.63, 3.8) is 0 Å². The molecule has 16 heavy (non-hydrogen) atoms. The van der Waals surface area contributed by atoms with Gasteiger partial charge in [0.2, 0.25) is 0 Å². The van der Waals surface area contributed by atoms with Crippen molar-refractivity contribution in [3.8, 4) is 11.3 Å². The van der Waals surface area contributed by atoms with Crippen molar-refractivity contribution in [1.82, 2.24) is 10.2 Å². The van der Waals surface area contributed by atoms with E-state index in [4.69, 9.17) is 5.73 Å². The number of nitrogen functional groups attached to an aromatic ring is 1. The van der Waals surface area contributed by atoms with Crippen LogP contribution in [0.25, 0.3) is 11.3 Å². The second kappa shape index (κ2) is 3.63. The van der Waals surface area contributed by atoms with Crippen molar-refractivity contribution in [1.29, 1.82) is 0 Å². The predicted octanol–water partition coefficient (Wildman–Crippen LogP) is 2.91. The fourth-order valence-corrected chi connectivity index (χ4v) is 3.58. The number of aromatic amines is 1. The van der Waals surface area contributed by atoms with E-state index in [0.29, 0.717) is 0 Å². The lowest BCUT2D eigenvalue weighted by atomic mass is 9.94. The number of fused-ring (bicyclic) bond motifs is 1. The van der Waals surface area contributed by atoms with Crippen LogP contribution in [0.2, 0.25) is 0 Å². The molecule has 3 rings (SSSR count). The first kappa shape index (κ1) is 9.90. The second-order valence-electron chi connectivity index (χ2n) is 4.39. The third-order valence-electron chi connectivity index (χ3n) is 3.16. The number of nitrogens with two attached hydrogens (primary N) is 1. The van der Waals surface area contributed by atoms with Gasteiger partial charge in [0.15, 0.2) is 0 Å². The first-order chi connectivity index (χ1) is 7.75. The zero-order valence-electron chi connectivity index (χ0n) is 9.34. The van der Waals surface area contributed by atoms with Gasteiger partial charge in [-0.1, -0.05) is 0 Å². The van der Waals surface area contributed by atoms with Gasteiger partial charge in [-0.2, -0.15) is 5.10 Å². The number of aryl methyl sites for hydroxylation is 2. The largest absolute Gasteiger partial charge is 0.390 e. The minimum Gasteiger partial charge on any atom is -0.390 e. The van der Waals surface area contributed by atoms with E-state index in [9.17, 15) is 0 Å². The lowest BCUT2D eigenvalue weighted by Crippen LogP contribution is -1.99. The molecule has 0 bridgehead atoms. The SMILES string of the molecule is Cc1cc(-c2c(N)sc3c2CCCC3)n[nH]1. The van der Waals surface area contributed by atoms with E-state index in [2.05, 4.69) is 16.3 Å². The Balaban J connectivity index is 2.16. The lowest BCUT2D eigenvalue weighted by Gasteiger charge is -2.11. The molecule has 0 saturated heterocycles. The van der Waals surface area contributed by atoms with Crippen molar-refractivity contribution < 1.29 is 0 Å². The summed E-state index contributed by atoms with van der Waals surface area (Å²) in [6.07, 6.45) is 4.92. The maximum atomic E-state index is 6.13. The Morgan fingerprint density at radius 2 is 2.19 bits per heavy atom. The van der Waals surface area contributed by atoms with Crippen molar-refractivity contribution in [3.05, 3.63) is 22.2 Å². The smallest absolute Gasteiger partial charge is 0.0958 e. The van der Waals surface area contributed by atoms with Crippen LogP contribution in [-0.4, -0.2) is 10.2 Å². The number of rotatable bonds is 1. The molecule has 0 saturated carbocycles. The minimum absolute atomic E-state index is 0.929. The molecule has 0 amide bonds. The molecule has 1 aliphatic carbocycles. The second-order valence-corrected chi connectivity index (χ2v) is 5.52. The fraction of sp³-hybridized carbons (Fsp3) is 0.417. The summed E-state index contributed by atoms with van der Waals surface area (Å²) in [4.78, 5) is 1.47. The molecule has 3 nitrogen and oxygen atoms in total. The number of thiophene rings is 1. The molecule has 3 N–H and O–H groups in total. The van der Waals surface area contributed by atoms with E-state index in [1.807, 2.05) is 6.92 Å². The van der Waals surface area contributed by atoms with Crippen molar-refractivity contribution in [2.45, 2.75) is 32.6 Å². The molecule has 0 atom stereocenters. The number of nitrogens with one attached hydrogen (secondary N) is 1. The summed E-state index contributed by atoms with van der Waals surface area (Å²) in [5.74, 6) is 0. The van der Waals surface area contributed by atoms with Crippen LogP contribution in [0.3, 0.4) is 0 Å². The Morgan fingerprint density at radius 3 is 2.94 bits per heavy atom. The van der Waals surface area contributed by atoms with E-state index in [1.165, 1.54) is 35.3 Å². The van der Waals surface area contributed by atoms with Crippen LogP contribution < -0.4 is 5.73 Å². The highest BCUT2D eigenvalue weighted by molar-refractivity contribution is 7.16. The molecular weight excluding hydrogens is 218 g/mol. The van der Waals surface area contributed by atoms with Gasteiger partial charge in [0.25, 0.3) is 0 Å². The van der Waals surface area contributed by atoms with Gasteiger partial charge in [-0.25, -0.2) is 0 Å². The molecule has 4 heteroatoms. The molecule has 2 aromatic heterocycles. The first-order valence-electron chi connectivity index (χ1n) is 5.68. The Kier molecular flexibility index (Phi) is 2.24. The molecule has 0 fully saturated rings. The van der Waals surface area contributed by atoms with Crippen LogP contribution in [0, 0.1) is 6.92 Å². The van der Waals surface area contributed by atoms with Gasteiger partial charge in [0, 0.05) is 16.1 Å². The topological polar surface area (TPSA) is 54.7 Å². The van der Waals surface area contributed by atoms with E-state index in [-0.39, 0.29) is 0 Å². The summed E-state index contributed by atoms with van der Waals surface area (Å²) < 4.78 is 0. The quantitative estimate of drug-likeness (QED) is 0.795. The Morgan fingerprint density at radius 1 is 1.38 bits per heavy atom. The number of hydrogen-bond donors (Lipinski definition) is 2. The van der Waals surface area contributed by atoms with Crippen LogP contribution in [0.15, 0.2) is 6.07 Å². The van der Waals surface area contributed by atoms with Gasteiger partial charge < -0.3 is 5.73 Å². The number of hydrogen-bond acceptors (Lipinski definition) is 3. The lowest BCUT2D eigenvalue weighted by molar-refractivity contribution is 0.698. The van der Waals surface area contributed by atoms with Gasteiger partial charge in [-0.05, 0) is 44.2 Å². The maximum Gasteiger partial charge on any atom is 0.0958 e. The Hall–Kier alpha value is -1.29. The normalized spacial score (nSPS) is 15.1. The Bertz CT molecular complexity index is 524. The predicted molar refractivity (Wildman–Crippen MR) is 67.7 cm³/mol. The number of H-pyrrole nitrogens is 1. The third-order valence-corrected chi connectivity index (χ3v) is 4.28. The fourth-order valence-electron chi connectivity index (χ4n) is 2.41. The molecule has 0 radical (unpaired) electrons. The summed E-state index contributed by atoms with van der Waals surface area (Å²) >= 11 is 1.74. The van der Waals surface area contributed by atoms with E-state index < -0.39 is 0 Å². The van der Waals surface area contributed by atoms with Crippen LogP contribution in [0.1, 0.15) is 29.0 Å². The molecule has 0 aliphatic heterocycles. The van der Waals surface area contributed by atoms with Crippen LogP contribution in [0.5, 0.6) is 0 Å². The number of anilines is 1. The van der Waals surface area contributed by atoms with Gasteiger partial charge in [0.1, 0.15) is 0 Å². The van der Waals surface area contributed by atoms with Gasteiger partial charge in [0.05, 0.1) is 10.7 Å². The van der Waals surface area contributed by atoms with E-state index in [1.54, 1.807) is 11.3 Å². The number of nitrogens with zero attached hydrogens (tertiary/aromatic N) is 1. The summed E-state index contributed by atoms with van der Waals surface area (Å²) in [6, 6.07) is 2.08. The Labute approximate surface area is 98.7 Å². The summed E-state index contributed by atoms with van der Waals surface area (Å²) in [5, 5.41) is 8.25. The monoisotopic (exact) mass is 233 g/mol. The molecule has 0 aromatic carbocycles. The van der Waals surface area contributed by atoms with Gasteiger partial charge in [-0.15, -0.1) is 11.3 Å². The average molecular weight is 233 g/mol. The van der Waals surface area contributed by atoms with E-state index in [0.717, 1.165) is 22.8 Å². The van der Waals surface area contributed by atoms with Crippen molar-refractivity contribution in [2.75, 3.05) is 5.73 Å². The minimum atomic E-state index is 0.929. The molecule has 0 unspecified atom stereocenters. The van der Waals surface area contributed by atoms with Gasteiger partial charge >= 0.3 is 0 Å². The molecule has 84 valence electrons. The maximum absolute atomic E-state index is 6.13. The third kappa shape index (κ3) is 1.45. The molecule has 1 aliphatic rings. The van der Waals surface area contributed by atoms with Crippen molar-refractivity contribution >= 4 is 16.3 Å². The standard InChI is InChI=1S/C12H15N3S/c1-7-6-9(15-14-7)11-8-4-2-3-5-10(8)16-12(11)13/h6H,2-5,13H2,1H3,(H,14,15). The summed E-state index contributed by atoms with van der Waals surface area (Å²) in [6.45, 7) is 2.02. The van der Waals surface area contributed by atoms with Gasteiger partial charge in [-0.3, -0.25) is 5.10 Å². The van der Waals surface area contributed by atoms with Crippen LogP contribution in [-0.2, 0) is 12.8 Å². The molecule has 0 spiro atoms. The van der Waals surface area contributed by atoms with Crippen LogP contribution in [0.4, 0.5) is 5.00 Å². The van der Waals surface area contributed by atoms with E-state index >= 15 is 0 Å². The zero-order valence-corrected chi connectivity index (χ0v) is 10.2. The number of aromatic nitrogens is 2. The summed E-state index contributed by atoms with van der Waals surface area (Å²) in [5.41, 5.74) is 10.9. The highest BCUT2D eigenvalue weighted by Crippen LogP contribution is 2.41. The van der Waals surface area contributed by atoms with Crippen LogP contribution >= 0.6 is 11.3 Å². The first-order valence-corrected chi connectivity index (χ1v) is 6.50. The average Bonchev–Trinajstić information content (AvgIpc) is 2.80. The van der Waals surface area contributed by atoms with Crippen molar-refractivity contribution in [2.24, 2.45) is 0 Å². The molecular formula is C12H15N3S. The zero-order chi connectivity index (χ0) is 11.1. The summed E-state index contributed by atoms with van der Waals surface area (Å²) in [7, 11) is 0. The highest BCUT2D eigenvalue weighted by Gasteiger charge is 2.21. The molecule has 2 aromatic rings. The molecule has 2 heterocycles. The highest BCUT2D eigenvalue weighted by atomic mass is 32.1.